The summed E-state index contributed by atoms with van der Waals surface area (Å²) in [6.45, 7) is 4.52. The predicted octanol–water partition coefficient (Wildman–Crippen LogP) is 3.12. The summed E-state index contributed by atoms with van der Waals surface area (Å²) >= 11 is 0. The molecule has 1 atom stereocenters. The van der Waals surface area contributed by atoms with E-state index >= 15 is 0 Å². The second-order valence-electron chi connectivity index (χ2n) is 6.64. The van der Waals surface area contributed by atoms with Crippen molar-refractivity contribution in [1.29, 1.82) is 0 Å². The summed E-state index contributed by atoms with van der Waals surface area (Å²) in [7, 11) is -3.64. The van der Waals surface area contributed by atoms with Crippen molar-refractivity contribution >= 4 is 34.0 Å². The van der Waals surface area contributed by atoms with Crippen molar-refractivity contribution in [3.63, 3.8) is 0 Å². The lowest BCUT2D eigenvalue weighted by Crippen LogP contribution is -2.42. The zero-order valence-electron chi connectivity index (χ0n) is 15.8. The summed E-state index contributed by atoms with van der Waals surface area (Å²) < 4.78 is 27.3. The van der Waals surface area contributed by atoms with Crippen molar-refractivity contribution in [2.75, 3.05) is 24.4 Å². The van der Waals surface area contributed by atoms with E-state index in [0.717, 1.165) is 25.9 Å². The van der Waals surface area contributed by atoms with E-state index < -0.39 is 10.0 Å². The Morgan fingerprint density at radius 2 is 1.82 bits per heavy atom. The fourth-order valence-electron chi connectivity index (χ4n) is 3.26. The number of rotatable bonds is 7. The minimum absolute atomic E-state index is 0. The van der Waals surface area contributed by atoms with Gasteiger partial charge in [-0.2, -0.15) is 0 Å². The van der Waals surface area contributed by atoms with Crippen LogP contribution >= 0.6 is 12.4 Å². The van der Waals surface area contributed by atoms with Crippen LogP contribution in [0.25, 0.3) is 0 Å². The van der Waals surface area contributed by atoms with E-state index in [-0.39, 0.29) is 29.3 Å². The average Bonchev–Trinajstić information content (AvgIpc) is 3.21. The summed E-state index contributed by atoms with van der Waals surface area (Å²) in [5, 5.41) is 3.30. The highest BCUT2D eigenvalue weighted by molar-refractivity contribution is 7.92. The lowest BCUT2D eigenvalue weighted by molar-refractivity contribution is 0.0692. The summed E-state index contributed by atoms with van der Waals surface area (Å²) in [5.74, 6) is -0.0111. The number of halogens is 1. The Balaban J connectivity index is 0.00000280. The summed E-state index contributed by atoms with van der Waals surface area (Å²) in [4.78, 5) is 15.0. The van der Waals surface area contributed by atoms with Crippen LogP contribution in [0.4, 0.5) is 5.69 Å². The summed E-state index contributed by atoms with van der Waals surface area (Å²) in [6.07, 6.45) is 1.86. The van der Waals surface area contributed by atoms with Crippen LogP contribution in [0.3, 0.4) is 0 Å². The lowest BCUT2D eigenvalue weighted by Gasteiger charge is -2.28. The third-order valence-corrected chi connectivity index (χ3v) is 6.04. The normalized spacial score (nSPS) is 16.2. The van der Waals surface area contributed by atoms with Crippen LogP contribution < -0.4 is 10.0 Å². The molecule has 2 N–H and O–H groups in total. The molecule has 1 fully saturated rings. The Labute approximate surface area is 172 Å². The highest BCUT2D eigenvalue weighted by Crippen LogP contribution is 2.19. The lowest BCUT2D eigenvalue weighted by atomic mass is 10.1. The molecule has 6 nitrogen and oxygen atoms in total. The van der Waals surface area contributed by atoms with Gasteiger partial charge in [0.05, 0.1) is 4.90 Å². The second-order valence-corrected chi connectivity index (χ2v) is 8.32. The van der Waals surface area contributed by atoms with Gasteiger partial charge in [-0.25, -0.2) is 8.42 Å². The van der Waals surface area contributed by atoms with Gasteiger partial charge in [-0.15, -0.1) is 12.4 Å². The standard InChI is InChI=1S/C20H25N3O3S.ClH/c1-2-14-23(18-12-13-21-15-18)20(24)16-8-10-17(11-9-16)22-27(25,26)19-6-4-3-5-7-19;/h3-11,18,21-22H,2,12-15H2,1H3;1H. The molecule has 3 rings (SSSR count). The fourth-order valence-corrected chi connectivity index (χ4v) is 4.34. The van der Waals surface area contributed by atoms with E-state index in [1.54, 1.807) is 54.6 Å². The van der Waals surface area contributed by atoms with Crippen LogP contribution in [-0.2, 0) is 10.0 Å². The number of nitrogens with zero attached hydrogens (tertiary/aromatic N) is 1. The number of carbonyl (C=O) groups is 1. The Morgan fingerprint density at radius 3 is 2.39 bits per heavy atom. The van der Waals surface area contributed by atoms with Crippen LogP contribution in [0, 0.1) is 0 Å². The summed E-state index contributed by atoms with van der Waals surface area (Å²) in [6, 6.07) is 15.0. The molecule has 1 aliphatic heterocycles. The van der Waals surface area contributed by atoms with Gasteiger partial charge in [0.15, 0.2) is 0 Å². The first-order chi connectivity index (χ1) is 13.0. The molecule has 2 aromatic rings. The molecule has 1 saturated heterocycles. The topological polar surface area (TPSA) is 78.5 Å². The van der Waals surface area contributed by atoms with Gasteiger partial charge in [0.2, 0.25) is 0 Å². The molecule has 152 valence electrons. The monoisotopic (exact) mass is 423 g/mol. The van der Waals surface area contributed by atoms with Crippen LogP contribution in [0.5, 0.6) is 0 Å². The first-order valence-electron chi connectivity index (χ1n) is 9.21. The van der Waals surface area contributed by atoms with Crippen molar-refractivity contribution in [1.82, 2.24) is 10.2 Å². The molecule has 0 spiro atoms. The van der Waals surface area contributed by atoms with Gasteiger partial charge in [0.1, 0.15) is 0 Å². The van der Waals surface area contributed by atoms with Gasteiger partial charge < -0.3 is 10.2 Å². The molecule has 28 heavy (non-hydrogen) atoms. The minimum atomic E-state index is -3.64. The number of sulfonamides is 1. The predicted molar refractivity (Wildman–Crippen MR) is 114 cm³/mol. The molecule has 2 aromatic carbocycles. The molecule has 0 aliphatic carbocycles. The maximum Gasteiger partial charge on any atom is 0.261 e. The number of nitrogens with one attached hydrogen (secondary N) is 2. The Hall–Kier alpha value is -2.09. The molecule has 0 saturated carbocycles. The van der Waals surface area contributed by atoms with Crippen LogP contribution in [0.15, 0.2) is 59.5 Å². The summed E-state index contributed by atoms with van der Waals surface area (Å²) in [5.41, 5.74) is 0.998. The molecule has 1 aliphatic rings. The first-order valence-corrected chi connectivity index (χ1v) is 10.7. The molecular weight excluding hydrogens is 398 g/mol. The molecule has 0 radical (unpaired) electrons. The van der Waals surface area contributed by atoms with Crippen LogP contribution in [-0.4, -0.2) is 44.9 Å². The van der Waals surface area contributed by atoms with Gasteiger partial charge in [-0.3, -0.25) is 9.52 Å². The Bertz CT molecular complexity index is 867. The van der Waals surface area contributed by atoms with Gasteiger partial charge in [0, 0.05) is 30.4 Å². The molecular formula is C20H26ClN3O3S. The zero-order chi connectivity index (χ0) is 19.3. The Kier molecular flexibility index (Phi) is 7.86. The number of amides is 1. The third kappa shape index (κ3) is 5.25. The van der Waals surface area contributed by atoms with E-state index in [1.807, 2.05) is 4.90 Å². The second kappa shape index (κ2) is 9.91. The van der Waals surface area contributed by atoms with Crippen LogP contribution in [0.2, 0.25) is 0 Å². The van der Waals surface area contributed by atoms with Crippen molar-refractivity contribution in [2.45, 2.75) is 30.7 Å². The van der Waals surface area contributed by atoms with Gasteiger partial charge in [-0.05, 0) is 55.8 Å². The number of carbonyl (C=O) groups excluding carboxylic acids is 1. The van der Waals surface area contributed by atoms with Crippen molar-refractivity contribution in [3.8, 4) is 0 Å². The van der Waals surface area contributed by atoms with Crippen molar-refractivity contribution in [3.05, 3.63) is 60.2 Å². The molecule has 1 amide bonds. The molecule has 0 aromatic heterocycles. The fraction of sp³-hybridized carbons (Fsp3) is 0.350. The van der Waals surface area contributed by atoms with Crippen LogP contribution in [0.1, 0.15) is 30.1 Å². The molecule has 8 heteroatoms. The van der Waals surface area contributed by atoms with Crippen molar-refractivity contribution in [2.24, 2.45) is 0 Å². The van der Waals surface area contributed by atoms with E-state index in [1.165, 1.54) is 0 Å². The van der Waals surface area contributed by atoms with Gasteiger partial charge >= 0.3 is 0 Å². The molecule has 1 unspecified atom stereocenters. The van der Waals surface area contributed by atoms with Crippen molar-refractivity contribution < 1.29 is 13.2 Å². The Morgan fingerprint density at radius 1 is 1.14 bits per heavy atom. The third-order valence-electron chi connectivity index (χ3n) is 4.64. The minimum Gasteiger partial charge on any atom is -0.334 e. The SMILES string of the molecule is CCCN(C(=O)c1ccc(NS(=O)(=O)c2ccccc2)cc1)C1CCNC1.Cl. The average molecular weight is 424 g/mol. The molecule has 0 bridgehead atoms. The largest absolute Gasteiger partial charge is 0.334 e. The quantitative estimate of drug-likeness (QED) is 0.717. The van der Waals surface area contributed by atoms with E-state index in [4.69, 9.17) is 0 Å². The zero-order valence-corrected chi connectivity index (χ0v) is 17.4. The number of benzene rings is 2. The number of hydrogen-bond donors (Lipinski definition) is 2. The molecule has 1 heterocycles. The van der Waals surface area contributed by atoms with E-state index in [0.29, 0.717) is 17.8 Å². The highest BCUT2D eigenvalue weighted by atomic mass is 35.5. The maximum atomic E-state index is 12.9. The van der Waals surface area contributed by atoms with Gasteiger partial charge in [0.25, 0.3) is 15.9 Å². The van der Waals surface area contributed by atoms with E-state index in [2.05, 4.69) is 17.0 Å². The first kappa shape index (κ1) is 22.2. The number of anilines is 1. The maximum absolute atomic E-state index is 12.9. The van der Waals surface area contributed by atoms with E-state index in [9.17, 15) is 13.2 Å². The van der Waals surface area contributed by atoms with Gasteiger partial charge in [-0.1, -0.05) is 25.1 Å². The number of hydrogen-bond acceptors (Lipinski definition) is 4. The highest BCUT2D eigenvalue weighted by Gasteiger charge is 2.26. The smallest absolute Gasteiger partial charge is 0.261 e.